The lowest BCUT2D eigenvalue weighted by molar-refractivity contribution is -0.140. The summed E-state index contributed by atoms with van der Waals surface area (Å²) in [5.41, 5.74) is 7.28. The van der Waals surface area contributed by atoms with E-state index < -0.39 is 6.10 Å². The summed E-state index contributed by atoms with van der Waals surface area (Å²) in [4.78, 5) is 25.1. The molecule has 0 bridgehead atoms. The zero-order valence-electron chi connectivity index (χ0n) is 12.3. The van der Waals surface area contributed by atoms with E-state index in [0.717, 1.165) is 5.56 Å². The third kappa shape index (κ3) is 3.33. The van der Waals surface area contributed by atoms with Crippen molar-refractivity contribution in [3.8, 4) is 5.75 Å². The largest absolute Gasteiger partial charge is 0.479 e. The number of rotatable bonds is 5. The highest BCUT2D eigenvalue weighted by atomic mass is 16.5. The van der Waals surface area contributed by atoms with Crippen molar-refractivity contribution in [2.75, 3.05) is 18.6 Å². The number of anilines is 1. The van der Waals surface area contributed by atoms with Crippen molar-refractivity contribution in [3.63, 3.8) is 0 Å². The summed E-state index contributed by atoms with van der Waals surface area (Å²) in [5, 5.41) is 0. The smallest absolute Gasteiger partial charge is 0.305 e. The van der Waals surface area contributed by atoms with Gasteiger partial charge in [0, 0.05) is 19.5 Å². The molecule has 21 heavy (non-hydrogen) atoms. The molecule has 0 saturated heterocycles. The average Bonchev–Trinajstić information content (AvgIpc) is 2.50. The van der Waals surface area contributed by atoms with Crippen LogP contribution in [0.3, 0.4) is 0 Å². The first kappa shape index (κ1) is 15.3. The van der Waals surface area contributed by atoms with Gasteiger partial charge in [-0.05, 0) is 31.0 Å². The summed E-state index contributed by atoms with van der Waals surface area (Å²) in [6.07, 6.45) is 0.290. The SMILES string of the molecule is COC(=O)CCCN1C(=O)C(C)Oc2ccc(CN)cc21. The lowest BCUT2D eigenvalue weighted by Gasteiger charge is -2.33. The van der Waals surface area contributed by atoms with E-state index in [1.54, 1.807) is 11.8 Å². The van der Waals surface area contributed by atoms with Crippen molar-refractivity contribution in [3.05, 3.63) is 23.8 Å². The summed E-state index contributed by atoms with van der Waals surface area (Å²) in [7, 11) is 1.35. The van der Waals surface area contributed by atoms with Gasteiger partial charge in [-0.1, -0.05) is 6.07 Å². The van der Waals surface area contributed by atoms with Gasteiger partial charge in [0.05, 0.1) is 12.8 Å². The standard InChI is InChI=1S/C15H20N2O4/c1-10-15(19)17(7-3-4-14(18)20-2)12-8-11(9-16)5-6-13(12)21-10/h5-6,8,10H,3-4,7,9,16H2,1-2H3. The zero-order chi connectivity index (χ0) is 15.4. The summed E-state index contributed by atoms with van der Waals surface area (Å²) in [5.74, 6) is 0.276. The third-order valence-electron chi connectivity index (χ3n) is 3.46. The lowest BCUT2D eigenvalue weighted by atomic mass is 10.1. The molecule has 1 heterocycles. The second-order valence-electron chi connectivity index (χ2n) is 4.94. The first-order valence-corrected chi connectivity index (χ1v) is 6.94. The van der Waals surface area contributed by atoms with Crippen LogP contribution < -0.4 is 15.4 Å². The van der Waals surface area contributed by atoms with Gasteiger partial charge in [-0.2, -0.15) is 0 Å². The quantitative estimate of drug-likeness (QED) is 0.825. The maximum absolute atomic E-state index is 12.3. The number of carbonyl (C=O) groups is 2. The Kier molecular flexibility index (Phi) is 4.80. The number of ether oxygens (including phenoxy) is 2. The monoisotopic (exact) mass is 292 g/mol. The van der Waals surface area contributed by atoms with Gasteiger partial charge in [0.1, 0.15) is 5.75 Å². The second-order valence-corrected chi connectivity index (χ2v) is 4.94. The molecule has 1 aromatic rings. The number of hydrogen-bond donors (Lipinski definition) is 1. The van der Waals surface area contributed by atoms with E-state index in [1.807, 2.05) is 18.2 Å². The molecular weight excluding hydrogens is 272 g/mol. The van der Waals surface area contributed by atoms with Crippen LogP contribution in [0, 0.1) is 0 Å². The molecule has 1 unspecified atom stereocenters. The maximum atomic E-state index is 12.3. The molecule has 0 spiro atoms. The molecule has 0 radical (unpaired) electrons. The van der Waals surface area contributed by atoms with Crippen molar-refractivity contribution < 1.29 is 19.1 Å². The van der Waals surface area contributed by atoms with E-state index in [2.05, 4.69) is 4.74 Å². The summed E-state index contributed by atoms with van der Waals surface area (Å²) in [6, 6.07) is 5.57. The van der Waals surface area contributed by atoms with E-state index in [0.29, 0.717) is 30.9 Å². The van der Waals surface area contributed by atoms with Gasteiger partial charge in [-0.25, -0.2) is 0 Å². The number of benzene rings is 1. The highest BCUT2D eigenvalue weighted by molar-refractivity contribution is 5.99. The first-order chi connectivity index (χ1) is 10.1. The van der Waals surface area contributed by atoms with E-state index in [1.165, 1.54) is 7.11 Å². The molecule has 0 aliphatic carbocycles. The average molecular weight is 292 g/mol. The fourth-order valence-corrected chi connectivity index (χ4v) is 2.29. The Bertz CT molecular complexity index is 544. The fraction of sp³-hybridized carbons (Fsp3) is 0.467. The number of fused-ring (bicyclic) bond motifs is 1. The van der Waals surface area contributed by atoms with Crippen LogP contribution in [0.25, 0.3) is 0 Å². The summed E-state index contributed by atoms with van der Waals surface area (Å²) < 4.78 is 10.2. The minimum Gasteiger partial charge on any atom is -0.479 e. The van der Waals surface area contributed by atoms with Crippen LogP contribution in [0.15, 0.2) is 18.2 Å². The van der Waals surface area contributed by atoms with Gasteiger partial charge >= 0.3 is 5.97 Å². The number of carbonyl (C=O) groups excluding carboxylic acids is 2. The Hall–Kier alpha value is -2.08. The van der Waals surface area contributed by atoms with Crippen molar-refractivity contribution in [1.82, 2.24) is 0 Å². The molecule has 2 N–H and O–H groups in total. The van der Waals surface area contributed by atoms with E-state index in [9.17, 15) is 9.59 Å². The van der Waals surface area contributed by atoms with Gasteiger partial charge in [0.25, 0.3) is 5.91 Å². The normalized spacial score (nSPS) is 17.2. The second kappa shape index (κ2) is 6.58. The lowest BCUT2D eigenvalue weighted by Crippen LogP contribution is -2.45. The van der Waals surface area contributed by atoms with Crippen LogP contribution >= 0.6 is 0 Å². The molecule has 6 nitrogen and oxygen atoms in total. The van der Waals surface area contributed by atoms with Crippen LogP contribution in [0.4, 0.5) is 5.69 Å². The molecule has 1 atom stereocenters. The van der Waals surface area contributed by atoms with Crippen molar-refractivity contribution in [1.29, 1.82) is 0 Å². The molecule has 1 aromatic carbocycles. The molecular formula is C15H20N2O4. The summed E-state index contributed by atoms with van der Waals surface area (Å²) >= 11 is 0. The number of hydrogen-bond acceptors (Lipinski definition) is 5. The van der Waals surface area contributed by atoms with E-state index in [4.69, 9.17) is 10.5 Å². The van der Waals surface area contributed by atoms with Crippen molar-refractivity contribution >= 4 is 17.6 Å². The van der Waals surface area contributed by atoms with Crippen LogP contribution in [0.5, 0.6) is 5.75 Å². The number of esters is 1. The molecule has 114 valence electrons. The van der Waals surface area contributed by atoms with E-state index >= 15 is 0 Å². The molecule has 1 aliphatic heterocycles. The molecule has 0 fully saturated rings. The molecule has 0 saturated carbocycles. The topological polar surface area (TPSA) is 81.9 Å². The summed E-state index contributed by atoms with van der Waals surface area (Å²) in [6.45, 7) is 2.56. The maximum Gasteiger partial charge on any atom is 0.305 e. The van der Waals surface area contributed by atoms with Crippen LogP contribution in [0.1, 0.15) is 25.3 Å². The Morgan fingerprint density at radius 1 is 1.48 bits per heavy atom. The fourth-order valence-electron chi connectivity index (χ4n) is 2.29. The van der Waals surface area contributed by atoms with Crippen LogP contribution in [0.2, 0.25) is 0 Å². The molecule has 6 heteroatoms. The van der Waals surface area contributed by atoms with Gasteiger partial charge in [0.2, 0.25) is 0 Å². The minimum atomic E-state index is -0.528. The van der Waals surface area contributed by atoms with Gasteiger partial charge in [-0.15, -0.1) is 0 Å². The highest BCUT2D eigenvalue weighted by Crippen LogP contribution is 2.35. The third-order valence-corrected chi connectivity index (χ3v) is 3.46. The van der Waals surface area contributed by atoms with Crippen LogP contribution in [-0.4, -0.2) is 31.6 Å². The predicted molar refractivity (Wildman–Crippen MR) is 78.0 cm³/mol. The van der Waals surface area contributed by atoms with Crippen molar-refractivity contribution in [2.24, 2.45) is 5.73 Å². The minimum absolute atomic E-state index is 0.110. The van der Waals surface area contributed by atoms with Crippen LogP contribution in [-0.2, 0) is 20.9 Å². The van der Waals surface area contributed by atoms with Gasteiger partial charge in [0.15, 0.2) is 6.10 Å². The predicted octanol–water partition coefficient (Wildman–Crippen LogP) is 1.21. The first-order valence-electron chi connectivity index (χ1n) is 6.94. The van der Waals surface area contributed by atoms with E-state index in [-0.39, 0.29) is 18.3 Å². The Morgan fingerprint density at radius 3 is 2.90 bits per heavy atom. The number of nitrogens with zero attached hydrogens (tertiary/aromatic N) is 1. The van der Waals surface area contributed by atoms with Gasteiger partial charge in [-0.3, -0.25) is 9.59 Å². The Labute approximate surface area is 123 Å². The van der Waals surface area contributed by atoms with Crippen molar-refractivity contribution in [2.45, 2.75) is 32.4 Å². The zero-order valence-corrected chi connectivity index (χ0v) is 12.3. The number of nitrogens with two attached hydrogens (primary N) is 1. The Morgan fingerprint density at radius 2 is 2.24 bits per heavy atom. The molecule has 1 aliphatic rings. The molecule has 0 aromatic heterocycles. The number of methoxy groups -OCH3 is 1. The highest BCUT2D eigenvalue weighted by Gasteiger charge is 2.31. The molecule has 1 amide bonds. The Balaban J connectivity index is 2.18. The van der Waals surface area contributed by atoms with Gasteiger partial charge < -0.3 is 20.1 Å². The number of amides is 1. The molecule has 2 rings (SSSR count).